The summed E-state index contributed by atoms with van der Waals surface area (Å²) in [4.78, 5) is 22.2. The third kappa shape index (κ3) is 3.47. The van der Waals surface area contributed by atoms with Gasteiger partial charge >= 0.3 is 6.18 Å². The fourth-order valence-electron chi connectivity index (χ4n) is 1.95. The monoisotopic (exact) mass is 328 g/mol. The van der Waals surface area contributed by atoms with E-state index < -0.39 is 28.3 Å². The molecule has 7 nitrogen and oxygen atoms in total. The van der Waals surface area contributed by atoms with E-state index in [-0.39, 0.29) is 11.4 Å². The third-order valence-electron chi connectivity index (χ3n) is 3.01. The van der Waals surface area contributed by atoms with Crippen molar-refractivity contribution in [3.05, 3.63) is 51.3 Å². The molecule has 10 heteroatoms. The van der Waals surface area contributed by atoms with E-state index in [0.29, 0.717) is 5.56 Å². The standard InChI is InChI=1S/C13H11F3N4O3/c1-7-3-4-8(5-10(7)20(22)23)17-12(21)9-6-19(2)18-11(9)13(14,15)16/h3-6H,1-2H3,(H,17,21). The zero-order valence-electron chi connectivity index (χ0n) is 12.0. The first-order valence-electron chi connectivity index (χ1n) is 6.27. The number of hydrogen-bond donors (Lipinski definition) is 1. The highest BCUT2D eigenvalue weighted by molar-refractivity contribution is 6.05. The maximum absolute atomic E-state index is 12.8. The third-order valence-corrected chi connectivity index (χ3v) is 3.01. The second-order valence-corrected chi connectivity index (χ2v) is 4.78. The van der Waals surface area contributed by atoms with Crippen LogP contribution in [0.5, 0.6) is 0 Å². The van der Waals surface area contributed by atoms with Crippen LogP contribution in [0.25, 0.3) is 0 Å². The fourth-order valence-corrected chi connectivity index (χ4v) is 1.95. The van der Waals surface area contributed by atoms with Gasteiger partial charge in [-0.2, -0.15) is 18.3 Å². The number of nitrogens with one attached hydrogen (secondary N) is 1. The lowest BCUT2D eigenvalue weighted by molar-refractivity contribution is -0.385. The minimum atomic E-state index is -4.78. The summed E-state index contributed by atoms with van der Waals surface area (Å²) in [5.74, 6) is -1.05. The normalized spacial score (nSPS) is 11.3. The highest BCUT2D eigenvalue weighted by atomic mass is 19.4. The molecule has 0 fully saturated rings. The molecular weight excluding hydrogens is 317 g/mol. The summed E-state index contributed by atoms with van der Waals surface area (Å²) < 4.78 is 39.4. The van der Waals surface area contributed by atoms with Crippen LogP contribution in [0.2, 0.25) is 0 Å². The van der Waals surface area contributed by atoms with Gasteiger partial charge in [0.05, 0.1) is 10.5 Å². The molecule has 0 atom stereocenters. The molecule has 122 valence electrons. The molecule has 1 heterocycles. The van der Waals surface area contributed by atoms with E-state index in [2.05, 4.69) is 10.4 Å². The van der Waals surface area contributed by atoms with Crippen LogP contribution < -0.4 is 5.32 Å². The Hall–Kier alpha value is -2.91. The first-order valence-corrected chi connectivity index (χ1v) is 6.27. The van der Waals surface area contributed by atoms with E-state index in [1.54, 1.807) is 0 Å². The number of nitrogens with zero attached hydrogens (tertiary/aromatic N) is 3. The Morgan fingerprint density at radius 1 is 1.39 bits per heavy atom. The molecule has 1 amide bonds. The molecule has 0 spiro atoms. The van der Waals surface area contributed by atoms with Crippen molar-refractivity contribution in [3.63, 3.8) is 0 Å². The van der Waals surface area contributed by atoms with Gasteiger partial charge in [-0.3, -0.25) is 19.6 Å². The van der Waals surface area contributed by atoms with Gasteiger partial charge in [0.2, 0.25) is 0 Å². The number of nitro groups is 1. The predicted octanol–water partition coefficient (Wildman–Crippen LogP) is 2.91. The Balaban J connectivity index is 2.34. The largest absolute Gasteiger partial charge is 0.435 e. The molecule has 23 heavy (non-hydrogen) atoms. The molecule has 0 saturated heterocycles. The van der Waals surface area contributed by atoms with Crippen LogP contribution in [-0.4, -0.2) is 20.6 Å². The lowest BCUT2D eigenvalue weighted by atomic mass is 10.1. The Bertz CT molecular complexity index is 783. The second-order valence-electron chi connectivity index (χ2n) is 4.78. The number of carbonyl (C=O) groups excluding carboxylic acids is 1. The summed E-state index contributed by atoms with van der Waals surface area (Å²) in [5.41, 5.74) is -1.85. The van der Waals surface area contributed by atoms with E-state index >= 15 is 0 Å². The Morgan fingerprint density at radius 2 is 2.04 bits per heavy atom. The van der Waals surface area contributed by atoms with Crippen molar-refractivity contribution in [1.29, 1.82) is 0 Å². The van der Waals surface area contributed by atoms with Crippen molar-refractivity contribution in [2.75, 3.05) is 5.32 Å². The van der Waals surface area contributed by atoms with Crippen LogP contribution in [0.15, 0.2) is 24.4 Å². The molecule has 0 aliphatic heterocycles. The maximum Gasteiger partial charge on any atom is 0.435 e. The Labute approximate surface area is 127 Å². The van der Waals surface area contributed by atoms with Crippen LogP contribution in [0.1, 0.15) is 21.6 Å². The quantitative estimate of drug-likeness (QED) is 0.693. The summed E-state index contributed by atoms with van der Waals surface area (Å²) in [6.07, 6.45) is -3.85. The van der Waals surface area contributed by atoms with Gasteiger partial charge < -0.3 is 5.32 Å². The summed E-state index contributed by atoms with van der Waals surface area (Å²) in [6.45, 7) is 1.51. The average Bonchev–Trinajstić information content (AvgIpc) is 2.83. The smallest absolute Gasteiger partial charge is 0.322 e. The molecule has 1 N–H and O–H groups in total. The Kier molecular flexibility index (Phi) is 4.08. The van der Waals surface area contributed by atoms with Gasteiger partial charge in [0.1, 0.15) is 0 Å². The molecule has 2 rings (SSSR count). The molecule has 0 aliphatic rings. The fraction of sp³-hybridized carbons (Fsp3) is 0.231. The zero-order chi connectivity index (χ0) is 17.4. The highest BCUT2D eigenvalue weighted by Crippen LogP contribution is 2.31. The van der Waals surface area contributed by atoms with Gasteiger partial charge in [-0.25, -0.2) is 0 Å². The van der Waals surface area contributed by atoms with E-state index in [1.807, 2.05) is 0 Å². The van der Waals surface area contributed by atoms with Gasteiger partial charge in [-0.1, -0.05) is 6.07 Å². The molecule has 0 saturated carbocycles. The van der Waals surface area contributed by atoms with Crippen LogP contribution in [-0.2, 0) is 13.2 Å². The van der Waals surface area contributed by atoms with Gasteiger partial charge in [-0.15, -0.1) is 0 Å². The highest BCUT2D eigenvalue weighted by Gasteiger charge is 2.39. The van der Waals surface area contributed by atoms with E-state index in [1.165, 1.54) is 26.1 Å². The molecule has 0 unspecified atom stereocenters. The molecule has 0 bridgehead atoms. The first kappa shape index (κ1) is 16.5. The SMILES string of the molecule is Cc1ccc(NC(=O)c2cn(C)nc2C(F)(F)F)cc1[N+](=O)[O-]. The minimum Gasteiger partial charge on any atom is -0.322 e. The number of rotatable bonds is 3. The number of hydrogen-bond acceptors (Lipinski definition) is 4. The number of carbonyl (C=O) groups is 1. The number of halogens is 3. The van der Waals surface area contributed by atoms with E-state index in [4.69, 9.17) is 0 Å². The first-order chi connectivity index (χ1) is 10.6. The predicted molar refractivity (Wildman–Crippen MR) is 74.0 cm³/mol. The molecule has 0 radical (unpaired) electrons. The number of aromatic nitrogens is 2. The van der Waals surface area contributed by atoms with Crippen LogP contribution in [0.4, 0.5) is 24.5 Å². The topological polar surface area (TPSA) is 90.1 Å². The van der Waals surface area contributed by atoms with Crippen molar-refractivity contribution >= 4 is 17.3 Å². The van der Waals surface area contributed by atoms with Crippen LogP contribution in [0, 0.1) is 17.0 Å². The van der Waals surface area contributed by atoms with Gasteiger partial charge in [0, 0.05) is 30.6 Å². The lowest BCUT2D eigenvalue weighted by Crippen LogP contribution is -2.17. The van der Waals surface area contributed by atoms with Crippen molar-refractivity contribution in [1.82, 2.24) is 9.78 Å². The number of alkyl halides is 3. The molecular formula is C13H11F3N4O3. The molecule has 0 aliphatic carbocycles. The molecule has 2 aromatic rings. The number of nitro benzene ring substituents is 1. The van der Waals surface area contributed by atoms with Crippen molar-refractivity contribution in [2.24, 2.45) is 7.05 Å². The van der Waals surface area contributed by atoms with Crippen molar-refractivity contribution in [2.45, 2.75) is 13.1 Å². The second kappa shape index (κ2) is 5.71. The number of amides is 1. The minimum absolute atomic E-state index is 0.0178. The van der Waals surface area contributed by atoms with Gasteiger partial charge in [0.15, 0.2) is 5.69 Å². The van der Waals surface area contributed by atoms with E-state index in [0.717, 1.165) is 16.9 Å². The number of aryl methyl sites for hydroxylation is 2. The van der Waals surface area contributed by atoms with E-state index in [9.17, 15) is 28.1 Å². The van der Waals surface area contributed by atoms with Crippen LogP contribution >= 0.6 is 0 Å². The average molecular weight is 328 g/mol. The zero-order valence-corrected chi connectivity index (χ0v) is 12.0. The van der Waals surface area contributed by atoms with Gasteiger partial charge in [-0.05, 0) is 13.0 Å². The summed E-state index contributed by atoms with van der Waals surface area (Å²) in [5, 5.41) is 16.3. The van der Waals surface area contributed by atoms with Gasteiger partial charge in [0.25, 0.3) is 11.6 Å². The maximum atomic E-state index is 12.8. The summed E-state index contributed by atoms with van der Waals surface area (Å²) >= 11 is 0. The number of benzene rings is 1. The van der Waals surface area contributed by atoms with Crippen LogP contribution in [0.3, 0.4) is 0 Å². The summed E-state index contributed by atoms with van der Waals surface area (Å²) in [6, 6.07) is 3.84. The summed E-state index contributed by atoms with van der Waals surface area (Å²) in [7, 11) is 1.25. The van der Waals surface area contributed by atoms with Crippen molar-refractivity contribution < 1.29 is 22.9 Å². The lowest BCUT2D eigenvalue weighted by Gasteiger charge is -2.08. The molecule has 1 aromatic carbocycles. The van der Waals surface area contributed by atoms with Crippen molar-refractivity contribution in [3.8, 4) is 0 Å². The Morgan fingerprint density at radius 3 is 2.61 bits per heavy atom. The number of anilines is 1. The molecule has 1 aromatic heterocycles.